The average Bonchev–Trinajstić information content (AvgIpc) is 2.19. The van der Waals surface area contributed by atoms with Gasteiger partial charge in [0.25, 0.3) is 0 Å². The molecule has 1 aliphatic rings. The third kappa shape index (κ3) is 3.75. The molecule has 1 rings (SSSR count). The van der Waals surface area contributed by atoms with Gasteiger partial charge in [-0.05, 0) is 38.0 Å². The van der Waals surface area contributed by atoms with E-state index in [1.807, 2.05) is 0 Å². The van der Waals surface area contributed by atoms with Crippen LogP contribution in [0.4, 0.5) is 0 Å². The average molecular weight is 180 g/mol. The van der Waals surface area contributed by atoms with Gasteiger partial charge in [0.1, 0.15) is 6.29 Å². The van der Waals surface area contributed by atoms with Gasteiger partial charge in [0, 0.05) is 5.92 Å². The van der Waals surface area contributed by atoms with E-state index in [2.05, 4.69) is 19.1 Å². The van der Waals surface area contributed by atoms with E-state index in [0.29, 0.717) is 5.92 Å². The fourth-order valence-electron chi connectivity index (χ4n) is 1.93. The van der Waals surface area contributed by atoms with Crippen molar-refractivity contribution < 1.29 is 4.79 Å². The Morgan fingerprint density at radius 1 is 1.15 bits per heavy atom. The Kier molecular flexibility index (Phi) is 4.81. The number of carbonyl (C=O) groups excluding carboxylic acids is 1. The molecular weight excluding hydrogens is 160 g/mol. The van der Waals surface area contributed by atoms with Crippen molar-refractivity contribution in [2.75, 3.05) is 0 Å². The van der Waals surface area contributed by atoms with E-state index in [9.17, 15) is 4.79 Å². The lowest BCUT2D eigenvalue weighted by molar-refractivity contribution is -0.112. The Hall–Kier alpha value is -0.590. The van der Waals surface area contributed by atoms with E-state index in [0.717, 1.165) is 25.0 Å². The summed E-state index contributed by atoms with van der Waals surface area (Å²) in [4.78, 5) is 10.5. The van der Waals surface area contributed by atoms with Crippen molar-refractivity contribution in [3.05, 3.63) is 12.2 Å². The molecular formula is C12H20O. The summed E-state index contributed by atoms with van der Waals surface area (Å²) in [6.07, 6.45) is 12.8. The molecule has 1 nitrogen and oxygen atoms in total. The lowest BCUT2D eigenvalue weighted by Crippen LogP contribution is -2.13. The molecule has 1 saturated carbocycles. The highest BCUT2D eigenvalue weighted by Gasteiger charge is 2.18. The van der Waals surface area contributed by atoms with Crippen LogP contribution < -0.4 is 0 Å². The Balaban J connectivity index is 2.20. The normalized spacial score (nSPS) is 29.3. The molecule has 0 spiro atoms. The van der Waals surface area contributed by atoms with Crippen LogP contribution in [0.2, 0.25) is 0 Å². The molecule has 0 unspecified atom stereocenters. The van der Waals surface area contributed by atoms with E-state index in [4.69, 9.17) is 0 Å². The van der Waals surface area contributed by atoms with Crippen molar-refractivity contribution in [2.24, 2.45) is 11.8 Å². The summed E-state index contributed by atoms with van der Waals surface area (Å²) in [6.45, 7) is 2.20. The Morgan fingerprint density at radius 3 is 2.31 bits per heavy atom. The molecule has 0 bridgehead atoms. The van der Waals surface area contributed by atoms with E-state index in [1.54, 1.807) is 0 Å². The van der Waals surface area contributed by atoms with Crippen molar-refractivity contribution in [1.82, 2.24) is 0 Å². The fourth-order valence-corrected chi connectivity index (χ4v) is 1.93. The molecule has 1 aliphatic carbocycles. The van der Waals surface area contributed by atoms with Gasteiger partial charge in [0.05, 0.1) is 0 Å². The molecule has 1 heteroatoms. The quantitative estimate of drug-likeness (QED) is 0.479. The van der Waals surface area contributed by atoms with Gasteiger partial charge in [-0.15, -0.1) is 0 Å². The van der Waals surface area contributed by atoms with Crippen molar-refractivity contribution in [3.63, 3.8) is 0 Å². The number of aldehydes is 1. The number of carbonyl (C=O) groups is 1. The Labute approximate surface area is 81.2 Å². The molecule has 0 saturated heterocycles. The van der Waals surface area contributed by atoms with Gasteiger partial charge in [-0.1, -0.05) is 25.5 Å². The molecule has 1 fully saturated rings. The third-order valence-electron chi connectivity index (χ3n) is 2.87. The van der Waals surface area contributed by atoms with Crippen molar-refractivity contribution in [2.45, 2.75) is 45.4 Å². The molecule has 0 aromatic heterocycles. The first kappa shape index (κ1) is 10.5. The topological polar surface area (TPSA) is 17.1 Å². The molecule has 0 atom stereocenters. The molecule has 0 N–H and O–H groups in total. The SMILES string of the molecule is CCCC=C[C@H]1CC[C@H](C=O)CC1. The first-order valence-corrected chi connectivity index (χ1v) is 5.48. The minimum absolute atomic E-state index is 0.357. The van der Waals surface area contributed by atoms with E-state index < -0.39 is 0 Å². The van der Waals surface area contributed by atoms with Crippen LogP contribution in [0.15, 0.2) is 12.2 Å². The van der Waals surface area contributed by atoms with Crippen LogP contribution in [0.5, 0.6) is 0 Å². The fraction of sp³-hybridized carbons (Fsp3) is 0.750. The molecule has 74 valence electrons. The summed E-state index contributed by atoms with van der Waals surface area (Å²) in [7, 11) is 0. The molecule has 0 radical (unpaired) electrons. The maximum atomic E-state index is 10.5. The van der Waals surface area contributed by atoms with Gasteiger partial charge < -0.3 is 4.79 Å². The van der Waals surface area contributed by atoms with Gasteiger partial charge >= 0.3 is 0 Å². The van der Waals surface area contributed by atoms with Gasteiger partial charge in [-0.2, -0.15) is 0 Å². The largest absolute Gasteiger partial charge is 0.303 e. The molecule has 0 aromatic rings. The van der Waals surface area contributed by atoms with E-state index in [1.165, 1.54) is 25.7 Å². The van der Waals surface area contributed by atoms with Crippen molar-refractivity contribution in [1.29, 1.82) is 0 Å². The predicted octanol–water partition coefficient (Wildman–Crippen LogP) is 3.35. The van der Waals surface area contributed by atoms with Crippen LogP contribution in [0.1, 0.15) is 45.4 Å². The molecule has 0 aromatic carbocycles. The van der Waals surface area contributed by atoms with Gasteiger partial charge in [0.15, 0.2) is 0 Å². The van der Waals surface area contributed by atoms with Gasteiger partial charge in [-0.25, -0.2) is 0 Å². The van der Waals surface area contributed by atoms with E-state index >= 15 is 0 Å². The minimum Gasteiger partial charge on any atom is -0.303 e. The maximum absolute atomic E-state index is 10.5. The molecule has 0 aliphatic heterocycles. The third-order valence-corrected chi connectivity index (χ3v) is 2.87. The number of hydrogen-bond donors (Lipinski definition) is 0. The second-order valence-electron chi connectivity index (χ2n) is 4.03. The highest BCUT2D eigenvalue weighted by molar-refractivity contribution is 5.53. The van der Waals surface area contributed by atoms with Crippen molar-refractivity contribution >= 4 is 6.29 Å². The first-order valence-electron chi connectivity index (χ1n) is 5.48. The maximum Gasteiger partial charge on any atom is 0.123 e. The molecule has 0 amide bonds. The Bertz CT molecular complexity index is 164. The first-order chi connectivity index (χ1) is 6.36. The van der Waals surface area contributed by atoms with Crippen LogP contribution in [0.25, 0.3) is 0 Å². The monoisotopic (exact) mass is 180 g/mol. The second kappa shape index (κ2) is 5.95. The highest BCUT2D eigenvalue weighted by atomic mass is 16.1. The molecule has 13 heavy (non-hydrogen) atoms. The zero-order chi connectivity index (χ0) is 9.52. The number of unbranched alkanes of at least 4 members (excludes halogenated alkanes) is 1. The molecule has 0 heterocycles. The highest BCUT2D eigenvalue weighted by Crippen LogP contribution is 2.28. The number of allylic oxidation sites excluding steroid dienone is 2. The Morgan fingerprint density at radius 2 is 1.77 bits per heavy atom. The smallest absolute Gasteiger partial charge is 0.123 e. The van der Waals surface area contributed by atoms with Gasteiger partial charge in [-0.3, -0.25) is 0 Å². The minimum atomic E-state index is 0.357. The second-order valence-corrected chi connectivity index (χ2v) is 4.03. The van der Waals surface area contributed by atoms with Crippen LogP contribution in [0, 0.1) is 11.8 Å². The summed E-state index contributed by atoms with van der Waals surface area (Å²) < 4.78 is 0. The van der Waals surface area contributed by atoms with Crippen LogP contribution >= 0.6 is 0 Å². The van der Waals surface area contributed by atoms with Crippen LogP contribution in [-0.4, -0.2) is 6.29 Å². The van der Waals surface area contributed by atoms with Crippen LogP contribution in [0.3, 0.4) is 0 Å². The predicted molar refractivity (Wildman–Crippen MR) is 55.6 cm³/mol. The summed E-state index contributed by atoms with van der Waals surface area (Å²) in [5, 5.41) is 0. The summed E-state index contributed by atoms with van der Waals surface area (Å²) in [6, 6.07) is 0. The zero-order valence-corrected chi connectivity index (χ0v) is 8.54. The zero-order valence-electron chi connectivity index (χ0n) is 8.54. The standard InChI is InChI=1S/C12H20O/c1-2-3-4-5-11-6-8-12(10-13)9-7-11/h4-5,10-12H,2-3,6-9H2,1H3/t11-,12-. The summed E-state index contributed by atoms with van der Waals surface area (Å²) >= 11 is 0. The van der Waals surface area contributed by atoms with Crippen molar-refractivity contribution in [3.8, 4) is 0 Å². The number of rotatable bonds is 4. The summed E-state index contributed by atoms with van der Waals surface area (Å²) in [5.74, 6) is 1.11. The summed E-state index contributed by atoms with van der Waals surface area (Å²) in [5.41, 5.74) is 0. The lowest BCUT2D eigenvalue weighted by atomic mass is 9.82. The number of hydrogen-bond acceptors (Lipinski definition) is 1. The van der Waals surface area contributed by atoms with E-state index in [-0.39, 0.29) is 0 Å². The van der Waals surface area contributed by atoms with Gasteiger partial charge in [0.2, 0.25) is 0 Å². The lowest BCUT2D eigenvalue weighted by Gasteiger charge is -2.22. The van der Waals surface area contributed by atoms with Crippen LogP contribution in [-0.2, 0) is 4.79 Å².